The Labute approximate surface area is 171 Å². The topological polar surface area (TPSA) is 110 Å². The van der Waals surface area contributed by atoms with Crippen LogP contribution in [0.3, 0.4) is 0 Å². The molecule has 1 aromatic carbocycles. The number of fused-ring (bicyclic) bond motifs is 2. The van der Waals surface area contributed by atoms with Crippen LogP contribution in [-0.2, 0) is 17.7 Å². The Morgan fingerprint density at radius 3 is 2.82 bits per heavy atom. The molecule has 1 aliphatic rings. The highest BCUT2D eigenvalue weighted by Crippen LogP contribution is 2.23. The van der Waals surface area contributed by atoms with Gasteiger partial charge in [-0.25, -0.2) is 4.98 Å². The summed E-state index contributed by atoms with van der Waals surface area (Å²) in [5.41, 5.74) is 2.61. The minimum Gasteiger partial charge on any atom is -0.616 e. The number of H-pyrrole nitrogens is 1. The Morgan fingerprint density at radius 1 is 1.18 bits per heavy atom. The van der Waals surface area contributed by atoms with Crippen molar-refractivity contribution in [2.75, 3.05) is 34.8 Å². The van der Waals surface area contributed by atoms with Crippen LogP contribution in [-0.4, -0.2) is 58.7 Å². The Morgan fingerprint density at radius 2 is 2.00 bits per heavy atom. The first-order valence-electron chi connectivity index (χ1n) is 8.86. The molecule has 28 heavy (non-hydrogen) atoms. The molecule has 1 saturated heterocycles. The number of hydrogen-bond donors (Lipinski definition) is 2. The van der Waals surface area contributed by atoms with Crippen molar-refractivity contribution in [2.24, 2.45) is 0 Å². The van der Waals surface area contributed by atoms with Gasteiger partial charge < -0.3 is 19.8 Å². The van der Waals surface area contributed by atoms with E-state index in [2.05, 4.69) is 51.2 Å². The van der Waals surface area contributed by atoms with Crippen LogP contribution in [0.5, 0.6) is 0 Å². The number of aromatic nitrogens is 6. The summed E-state index contributed by atoms with van der Waals surface area (Å²) < 4.78 is 14.1. The normalized spacial score (nSPS) is 15.6. The Balaban J connectivity index is 1.45. The molecule has 0 unspecified atom stereocenters. The molecular formula is C17H17BrN8OS. The minimum absolute atomic E-state index is 0.474. The third-order valence-electron chi connectivity index (χ3n) is 4.63. The summed E-state index contributed by atoms with van der Waals surface area (Å²) in [7, 11) is 0. The van der Waals surface area contributed by atoms with Gasteiger partial charge in [-0.15, -0.1) is 0 Å². The van der Waals surface area contributed by atoms with Crippen molar-refractivity contribution in [3.63, 3.8) is 0 Å². The quantitative estimate of drug-likeness (QED) is 0.447. The van der Waals surface area contributed by atoms with Crippen LogP contribution in [0.4, 0.5) is 11.9 Å². The molecule has 0 spiro atoms. The number of benzene rings is 1. The second kappa shape index (κ2) is 7.22. The summed E-state index contributed by atoms with van der Waals surface area (Å²) in [5, 5.41) is 7.67. The molecule has 0 atom stereocenters. The fraction of sp³-hybridized carbons (Fsp3) is 0.294. The summed E-state index contributed by atoms with van der Waals surface area (Å²) in [5.74, 6) is 3.28. The second-order valence-electron chi connectivity index (χ2n) is 6.46. The van der Waals surface area contributed by atoms with Crippen LogP contribution in [0.2, 0.25) is 0 Å². The van der Waals surface area contributed by atoms with E-state index in [-0.39, 0.29) is 0 Å². The summed E-state index contributed by atoms with van der Waals surface area (Å²) in [6.07, 6.45) is 1.70. The molecule has 3 aromatic heterocycles. The number of para-hydroxylation sites is 2. The zero-order chi connectivity index (χ0) is 19.1. The maximum atomic E-state index is 11.7. The molecule has 11 heteroatoms. The SMILES string of the molecule is [O-][S+]1CCN(c2nc(NCc3nc4ccccc4[nH]3)n3ncc(Br)c3n2)CC1. The fourth-order valence-electron chi connectivity index (χ4n) is 3.19. The lowest BCUT2D eigenvalue weighted by molar-refractivity contribution is 0.584. The maximum Gasteiger partial charge on any atom is 0.231 e. The van der Waals surface area contributed by atoms with Gasteiger partial charge >= 0.3 is 0 Å². The van der Waals surface area contributed by atoms with E-state index in [1.54, 1.807) is 10.7 Å². The number of nitrogens with one attached hydrogen (secondary N) is 2. The van der Waals surface area contributed by atoms with Gasteiger partial charge in [-0.2, -0.15) is 19.6 Å². The molecule has 0 aliphatic carbocycles. The van der Waals surface area contributed by atoms with Gasteiger partial charge in [-0.05, 0) is 28.1 Å². The van der Waals surface area contributed by atoms with Gasteiger partial charge in [0.1, 0.15) is 17.3 Å². The van der Waals surface area contributed by atoms with E-state index in [1.807, 2.05) is 24.3 Å². The second-order valence-corrected chi connectivity index (χ2v) is 9.01. The molecule has 144 valence electrons. The van der Waals surface area contributed by atoms with Crippen molar-refractivity contribution in [2.45, 2.75) is 6.54 Å². The highest BCUT2D eigenvalue weighted by Gasteiger charge is 2.23. The average Bonchev–Trinajstić information content (AvgIpc) is 3.30. The Bertz CT molecular complexity index is 1100. The fourth-order valence-corrected chi connectivity index (χ4v) is 4.59. The first-order valence-corrected chi connectivity index (χ1v) is 11.1. The third kappa shape index (κ3) is 3.29. The van der Waals surface area contributed by atoms with Crippen LogP contribution < -0.4 is 10.2 Å². The number of hydrogen-bond acceptors (Lipinski definition) is 7. The van der Waals surface area contributed by atoms with E-state index in [1.165, 1.54) is 0 Å². The molecule has 2 N–H and O–H groups in total. The highest BCUT2D eigenvalue weighted by molar-refractivity contribution is 9.10. The Hall–Kier alpha value is -2.37. The number of aromatic amines is 1. The monoisotopic (exact) mass is 460 g/mol. The third-order valence-corrected chi connectivity index (χ3v) is 6.46. The molecule has 4 heterocycles. The Kier molecular flexibility index (Phi) is 4.57. The maximum absolute atomic E-state index is 11.7. The van der Waals surface area contributed by atoms with Gasteiger partial charge in [0.15, 0.2) is 5.65 Å². The number of rotatable bonds is 4. The molecule has 0 saturated carbocycles. The van der Waals surface area contributed by atoms with E-state index in [9.17, 15) is 4.55 Å². The number of halogens is 1. The van der Waals surface area contributed by atoms with Crippen LogP contribution in [0.1, 0.15) is 5.82 Å². The molecule has 0 bridgehead atoms. The van der Waals surface area contributed by atoms with E-state index in [0.29, 0.717) is 48.7 Å². The zero-order valence-corrected chi connectivity index (χ0v) is 17.2. The molecule has 9 nitrogen and oxygen atoms in total. The largest absolute Gasteiger partial charge is 0.616 e. The predicted molar refractivity (Wildman–Crippen MR) is 112 cm³/mol. The van der Waals surface area contributed by atoms with E-state index >= 15 is 0 Å². The van der Waals surface area contributed by atoms with Crippen LogP contribution in [0.25, 0.3) is 16.7 Å². The van der Waals surface area contributed by atoms with Crippen LogP contribution >= 0.6 is 15.9 Å². The minimum atomic E-state index is -0.752. The van der Waals surface area contributed by atoms with E-state index < -0.39 is 11.2 Å². The van der Waals surface area contributed by atoms with Gasteiger partial charge in [0.2, 0.25) is 11.9 Å². The number of nitrogens with zero attached hydrogens (tertiary/aromatic N) is 6. The lowest BCUT2D eigenvalue weighted by Crippen LogP contribution is -2.41. The molecule has 1 fully saturated rings. The summed E-state index contributed by atoms with van der Waals surface area (Å²) >= 11 is 2.75. The first kappa shape index (κ1) is 17.7. The zero-order valence-electron chi connectivity index (χ0n) is 14.8. The van der Waals surface area contributed by atoms with Gasteiger partial charge in [0, 0.05) is 0 Å². The molecule has 4 aromatic rings. The number of imidazole rings is 1. The van der Waals surface area contributed by atoms with Crippen molar-refractivity contribution in [3.05, 3.63) is 40.8 Å². The molecule has 5 rings (SSSR count). The molecule has 0 radical (unpaired) electrons. The van der Waals surface area contributed by atoms with E-state index in [0.717, 1.165) is 21.3 Å². The number of anilines is 2. The average molecular weight is 461 g/mol. The smallest absolute Gasteiger partial charge is 0.231 e. The molecule has 0 amide bonds. The van der Waals surface area contributed by atoms with Gasteiger partial charge in [-0.3, -0.25) is 0 Å². The van der Waals surface area contributed by atoms with Crippen molar-refractivity contribution in [3.8, 4) is 0 Å². The van der Waals surface area contributed by atoms with Crippen molar-refractivity contribution in [1.82, 2.24) is 29.5 Å². The molecular weight excluding hydrogens is 444 g/mol. The summed E-state index contributed by atoms with van der Waals surface area (Å²) in [6.45, 7) is 1.83. The van der Waals surface area contributed by atoms with Gasteiger partial charge in [0.25, 0.3) is 0 Å². The van der Waals surface area contributed by atoms with Crippen molar-refractivity contribution >= 4 is 55.7 Å². The van der Waals surface area contributed by atoms with E-state index in [4.69, 9.17) is 0 Å². The predicted octanol–water partition coefficient (Wildman–Crippen LogP) is 1.94. The first-order chi connectivity index (χ1) is 13.7. The molecule has 1 aliphatic heterocycles. The van der Waals surface area contributed by atoms with Crippen LogP contribution in [0, 0.1) is 0 Å². The highest BCUT2D eigenvalue weighted by atomic mass is 79.9. The lowest BCUT2D eigenvalue weighted by Gasteiger charge is -2.28. The summed E-state index contributed by atoms with van der Waals surface area (Å²) in [6, 6.07) is 7.91. The van der Waals surface area contributed by atoms with Gasteiger partial charge in [-0.1, -0.05) is 23.3 Å². The van der Waals surface area contributed by atoms with Crippen molar-refractivity contribution < 1.29 is 4.55 Å². The van der Waals surface area contributed by atoms with Crippen LogP contribution in [0.15, 0.2) is 34.9 Å². The summed E-state index contributed by atoms with van der Waals surface area (Å²) in [4.78, 5) is 19.3. The lowest BCUT2D eigenvalue weighted by atomic mass is 10.3. The van der Waals surface area contributed by atoms with Crippen molar-refractivity contribution in [1.29, 1.82) is 0 Å². The standard InChI is InChI=1S/C17H17BrN8OS/c18-11-9-20-26-15(11)23-17(25-5-7-28(27)8-6-25)24-16(26)19-10-14-21-12-3-1-2-4-13(12)22-14/h1-4,9H,5-8,10H2,(H,21,22)(H,19,23,24). The van der Waals surface area contributed by atoms with Gasteiger partial charge in [0.05, 0.1) is 41.3 Å².